The van der Waals surface area contributed by atoms with Crippen LogP contribution in [0.25, 0.3) is 6.08 Å². The second-order valence-corrected chi connectivity index (χ2v) is 7.16. The summed E-state index contributed by atoms with van der Waals surface area (Å²) in [6.07, 6.45) is 1.74. The Morgan fingerprint density at radius 3 is 2.69 bits per heavy atom. The molecule has 2 aromatic rings. The number of hydrogen-bond acceptors (Lipinski definition) is 6. The molecule has 0 radical (unpaired) electrons. The van der Waals surface area contributed by atoms with Gasteiger partial charge in [0, 0.05) is 19.7 Å². The molecule has 2 aromatic carbocycles. The van der Waals surface area contributed by atoms with E-state index in [1.54, 1.807) is 44.4 Å². The summed E-state index contributed by atoms with van der Waals surface area (Å²) in [6.45, 7) is 0.153. The number of carboxylic acids is 1. The number of aliphatic imine (C=N–C) groups is 1. The van der Waals surface area contributed by atoms with E-state index in [1.165, 1.54) is 29.8 Å². The lowest BCUT2D eigenvalue weighted by atomic mass is 10.1. The van der Waals surface area contributed by atoms with Crippen molar-refractivity contribution in [2.45, 2.75) is 6.61 Å². The van der Waals surface area contributed by atoms with Crippen LogP contribution in [0.3, 0.4) is 0 Å². The Morgan fingerprint density at radius 1 is 1.28 bits per heavy atom. The largest absolute Gasteiger partial charge is 0.493 e. The third-order valence-electron chi connectivity index (χ3n) is 4.27. The summed E-state index contributed by atoms with van der Waals surface area (Å²) in [4.78, 5) is 29.7. The molecule has 0 aliphatic carbocycles. The molecule has 8 heteroatoms. The number of amides is 1. The van der Waals surface area contributed by atoms with Crippen LogP contribution in [0.1, 0.15) is 21.5 Å². The minimum atomic E-state index is -0.996. The van der Waals surface area contributed by atoms with Gasteiger partial charge in [0.2, 0.25) is 0 Å². The number of rotatable bonds is 6. The normalized spacial score (nSPS) is 16.5. The lowest BCUT2D eigenvalue weighted by molar-refractivity contribution is -0.121. The van der Waals surface area contributed by atoms with Crippen molar-refractivity contribution >= 4 is 34.9 Å². The van der Waals surface area contributed by atoms with Gasteiger partial charge in [0.25, 0.3) is 5.91 Å². The summed E-state index contributed by atoms with van der Waals surface area (Å²) in [5, 5.41) is 9.77. The number of para-hydroxylation sites is 1. The molecule has 29 heavy (non-hydrogen) atoms. The fourth-order valence-corrected chi connectivity index (χ4v) is 3.72. The number of methoxy groups -OCH3 is 1. The molecule has 0 unspecified atom stereocenters. The topological polar surface area (TPSA) is 88.4 Å². The summed E-state index contributed by atoms with van der Waals surface area (Å²) in [7, 11) is 4.85. The highest BCUT2D eigenvalue weighted by Crippen LogP contribution is 2.37. The third kappa shape index (κ3) is 4.43. The highest BCUT2D eigenvalue weighted by molar-refractivity contribution is 8.18. The van der Waals surface area contributed by atoms with Crippen LogP contribution in [0.5, 0.6) is 11.5 Å². The summed E-state index contributed by atoms with van der Waals surface area (Å²) in [6, 6.07) is 11.9. The van der Waals surface area contributed by atoms with Crippen LogP contribution in [-0.4, -0.2) is 48.3 Å². The van der Waals surface area contributed by atoms with Crippen LogP contribution in [0.15, 0.2) is 52.4 Å². The highest BCUT2D eigenvalue weighted by Gasteiger charge is 2.30. The zero-order chi connectivity index (χ0) is 21.0. The average Bonchev–Trinajstić information content (AvgIpc) is 3.00. The van der Waals surface area contributed by atoms with Gasteiger partial charge in [0.15, 0.2) is 16.7 Å². The quantitative estimate of drug-likeness (QED) is 0.731. The molecule has 1 saturated heterocycles. The molecule has 1 fully saturated rings. The fourth-order valence-electron chi connectivity index (χ4n) is 2.80. The SMILES string of the molecule is CN=C1S/C(=C\c2cccc(OC)c2OCc2cccc(C(=O)O)c2)C(=O)N1C. The van der Waals surface area contributed by atoms with Crippen LogP contribution in [-0.2, 0) is 11.4 Å². The molecule has 1 aliphatic heterocycles. The van der Waals surface area contributed by atoms with E-state index in [0.717, 1.165) is 0 Å². The van der Waals surface area contributed by atoms with E-state index in [-0.39, 0.29) is 18.1 Å². The predicted molar refractivity (Wildman–Crippen MR) is 112 cm³/mol. The standard InChI is InChI=1S/C21H20N2O5S/c1-22-21-23(2)19(24)17(29-21)11-14-7-5-9-16(27-3)18(14)28-12-13-6-4-8-15(10-13)20(25)26/h4-11H,12H2,1-3H3,(H,25,26)/b17-11-,22-21?. The van der Waals surface area contributed by atoms with Crippen LogP contribution < -0.4 is 9.47 Å². The van der Waals surface area contributed by atoms with Crippen molar-refractivity contribution in [3.63, 3.8) is 0 Å². The first-order chi connectivity index (χ1) is 13.9. The first-order valence-corrected chi connectivity index (χ1v) is 9.52. The first kappa shape index (κ1) is 20.5. The molecular formula is C21H20N2O5S. The molecular weight excluding hydrogens is 392 g/mol. The maximum atomic E-state index is 12.5. The lowest BCUT2D eigenvalue weighted by Crippen LogP contribution is -2.23. The Hall–Kier alpha value is -3.26. The van der Waals surface area contributed by atoms with Crippen molar-refractivity contribution in [3.8, 4) is 11.5 Å². The minimum Gasteiger partial charge on any atom is -0.493 e. The number of carboxylic acid groups (broad SMARTS) is 1. The van der Waals surface area contributed by atoms with Gasteiger partial charge in [-0.3, -0.25) is 14.7 Å². The molecule has 0 aromatic heterocycles. The van der Waals surface area contributed by atoms with Gasteiger partial charge in [0.1, 0.15) is 6.61 Å². The second kappa shape index (κ2) is 8.83. The maximum absolute atomic E-state index is 12.5. The van der Waals surface area contributed by atoms with Gasteiger partial charge in [-0.25, -0.2) is 4.79 Å². The zero-order valence-corrected chi connectivity index (χ0v) is 17.0. The Kier molecular flexibility index (Phi) is 6.23. The van der Waals surface area contributed by atoms with Crippen LogP contribution in [0.4, 0.5) is 0 Å². The molecule has 0 spiro atoms. The van der Waals surface area contributed by atoms with Crippen molar-refractivity contribution in [2.24, 2.45) is 4.99 Å². The summed E-state index contributed by atoms with van der Waals surface area (Å²) in [5.74, 6) is -0.148. The van der Waals surface area contributed by atoms with Crippen molar-refractivity contribution in [3.05, 3.63) is 64.1 Å². The molecule has 150 valence electrons. The number of likely N-dealkylation sites (N-methyl/N-ethyl adjacent to an activating group) is 1. The second-order valence-electron chi connectivity index (χ2n) is 6.15. The van der Waals surface area contributed by atoms with Gasteiger partial charge in [0.05, 0.1) is 17.6 Å². The van der Waals surface area contributed by atoms with Crippen LogP contribution in [0, 0.1) is 0 Å². The number of aromatic carboxylic acids is 1. The fraction of sp³-hybridized carbons (Fsp3) is 0.190. The van der Waals surface area contributed by atoms with E-state index in [2.05, 4.69) is 4.99 Å². The van der Waals surface area contributed by atoms with Gasteiger partial charge in [-0.15, -0.1) is 0 Å². The third-order valence-corrected chi connectivity index (χ3v) is 5.42. The lowest BCUT2D eigenvalue weighted by Gasteiger charge is -2.14. The molecule has 1 N–H and O–H groups in total. The van der Waals surface area contributed by atoms with Crippen LogP contribution >= 0.6 is 11.8 Å². The molecule has 1 amide bonds. The van der Waals surface area contributed by atoms with E-state index in [1.807, 2.05) is 12.1 Å². The number of benzene rings is 2. The summed E-state index contributed by atoms with van der Waals surface area (Å²) >= 11 is 1.29. The summed E-state index contributed by atoms with van der Waals surface area (Å²) in [5.41, 5.74) is 1.58. The predicted octanol–water partition coefficient (Wildman–Crippen LogP) is 3.50. The molecule has 0 bridgehead atoms. The van der Waals surface area contributed by atoms with Gasteiger partial charge in [-0.2, -0.15) is 0 Å². The number of ether oxygens (including phenoxy) is 2. The molecule has 3 rings (SSSR count). The van der Waals surface area contributed by atoms with E-state index >= 15 is 0 Å². The number of carbonyl (C=O) groups excluding carboxylic acids is 1. The first-order valence-electron chi connectivity index (χ1n) is 8.71. The monoisotopic (exact) mass is 412 g/mol. The maximum Gasteiger partial charge on any atom is 0.335 e. The van der Waals surface area contributed by atoms with Crippen molar-refractivity contribution < 1.29 is 24.2 Å². The Balaban J connectivity index is 1.91. The molecule has 0 saturated carbocycles. The zero-order valence-electron chi connectivity index (χ0n) is 16.2. The molecule has 0 atom stereocenters. The van der Waals surface area contributed by atoms with Gasteiger partial charge in [-0.1, -0.05) is 24.3 Å². The van der Waals surface area contributed by atoms with Crippen molar-refractivity contribution in [1.82, 2.24) is 4.90 Å². The molecule has 1 heterocycles. The number of nitrogens with zero attached hydrogens (tertiary/aromatic N) is 2. The smallest absolute Gasteiger partial charge is 0.335 e. The van der Waals surface area contributed by atoms with E-state index < -0.39 is 5.97 Å². The van der Waals surface area contributed by atoms with Crippen molar-refractivity contribution in [1.29, 1.82) is 0 Å². The molecule has 7 nitrogen and oxygen atoms in total. The number of amidine groups is 1. The van der Waals surface area contributed by atoms with E-state index in [0.29, 0.717) is 32.7 Å². The molecule has 1 aliphatic rings. The summed E-state index contributed by atoms with van der Waals surface area (Å²) < 4.78 is 11.4. The minimum absolute atomic E-state index is 0.140. The van der Waals surface area contributed by atoms with Gasteiger partial charge in [-0.05, 0) is 41.6 Å². The van der Waals surface area contributed by atoms with Gasteiger partial charge < -0.3 is 14.6 Å². The number of hydrogen-bond donors (Lipinski definition) is 1. The Bertz CT molecular complexity index is 1020. The van der Waals surface area contributed by atoms with E-state index in [9.17, 15) is 9.59 Å². The van der Waals surface area contributed by atoms with Gasteiger partial charge >= 0.3 is 5.97 Å². The number of carbonyl (C=O) groups is 2. The Morgan fingerprint density at radius 2 is 2.03 bits per heavy atom. The number of thioether (sulfide) groups is 1. The van der Waals surface area contributed by atoms with Crippen molar-refractivity contribution in [2.75, 3.05) is 21.2 Å². The van der Waals surface area contributed by atoms with Crippen LogP contribution in [0.2, 0.25) is 0 Å². The highest BCUT2D eigenvalue weighted by atomic mass is 32.2. The Labute approximate surface area is 172 Å². The van der Waals surface area contributed by atoms with E-state index in [4.69, 9.17) is 14.6 Å². The average molecular weight is 412 g/mol.